The molecule has 0 saturated carbocycles. The molecule has 1 saturated heterocycles. The van der Waals surface area contributed by atoms with Gasteiger partial charge in [0.05, 0.1) is 6.10 Å². The van der Waals surface area contributed by atoms with Crippen molar-refractivity contribution in [2.75, 3.05) is 26.7 Å². The Morgan fingerprint density at radius 1 is 1.40 bits per heavy atom. The van der Waals surface area contributed by atoms with Crippen LogP contribution in [0.1, 0.15) is 30.6 Å². The van der Waals surface area contributed by atoms with Crippen LogP contribution in [0.4, 0.5) is 0 Å². The van der Waals surface area contributed by atoms with Crippen LogP contribution in [-0.2, 0) is 0 Å². The largest absolute Gasteiger partial charge is 0.491 e. The van der Waals surface area contributed by atoms with Crippen molar-refractivity contribution in [1.29, 1.82) is 0 Å². The Morgan fingerprint density at radius 3 is 2.88 bits per heavy atom. The Bertz CT molecular complexity index is 828. The third-order valence-electron chi connectivity index (χ3n) is 4.36. The average molecular weight is 344 g/mol. The van der Waals surface area contributed by atoms with E-state index in [1.165, 1.54) is 0 Å². The normalized spacial score (nSPS) is 18.0. The van der Waals surface area contributed by atoms with Gasteiger partial charge in [-0.2, -0.15) is 0 Å². The molecule has 0 spiro atoms. The highest BCUT2D eigenvalue weighted by Crippen LogP contribution is 2.21. The van der Waals surface area contributed by atoms with Crippen molar-refractivity contribution in [3.63, 3.8) is 0 Å². The summed E-state index contributed by atoms with van der Waals surface area (Å²) in [7, 11) is 2.07. The molecule has 25 heavy (non-hydrogen) atoms. The van der Waals surface area contributed by atoms with E-state index in [9.17, 15) is 9.59 Å². The third-order valence-corrected chi connectivity index (χ3v) is 4.36. The van der Waals surface area contributed by atoms with Crippen LogP contribution in [0.5, 0.6) is 5.75 Å². The van der Waals surface area contributed by atoms with Gasteiger partial charge < -0.3 is 19.4 Å². The predicted octanol–water partition coefficient (Wildman–Crippen LogP) is 2.26. The lowest BCUT2D eigenvalue weighted by Crippen LogP contribution is -2.33. The second-order valence-corrected chi connectivity index (χ2v) is 6.94. The van der Waals surface area contributed by atoms with Gasteiger partial charge in [0.25, 0.3) is 5.91 Å². The molecule has 6 heteroatoms. The van der Waals surface area contributed by atoms with Gasteiger partial charge in [-0.25, -0.2) is 4.79 Å². The molecule has 0 aliphatic carbocycles. The molecule has 1 aliphatic heterocycles. The van der Waals surface area contributed by atoms with Gasteiger partial charge in [-0.3, -0.25) is 4.79 Å². The fourth-order valence-corrected chi connectivity index (χ4v) is 3.12. The van der Waals surface area contributed by atoms with Crippen LogP contribution in [0.2, 0.25) is 0 Å². The topological polar surface area (TPSA) is 71.8 Å². The molecule has 1 aromatic carbocycles. The molecule has 2 heterocycles. The molecule has 0 radical (unpaired) electrons. The van der Waals surface area contributed by atoms with Gasteiger partial charge in [0.2, 0.25) is 0 Å². The molecule has 1 N–H and O–H groups in total. The maximum absolute atomic E-state index is 12.4. The van der Waals surface area contributed by atoms with E-state index in [1.807, 2.05) is 13.8 Å². The van der Waals surface area contributed by atoms with E-state index in [-0.39, 0.29) is 17.6 Å². The van der Waals surface area contributed by atoms with Crippen molar-refractivity contribution >= 4 is 16.9 Å². The van der Waals surface area contributed by atoms with Gasteiger partial charge in [0.15, 0.2) is 0 Å². The number of amides is 1. The molecule has 1 aliphatic rings. The van der Waals surface area contributed by atoms with Gasteiger partial charge in [-0.1, -0.05) is 0 Å². The summed E-state index contributed by atoms with van der Waals surface area (Å²) in [5.41, 5.74) is -0.177. The molecule has 2 aromatic rings. The first kappa shape index (κ1) is 17.5. The highest BCUT2D eigenvalue weighted by Gasteiger charge is 2.21. The van der Waals surface area contributed by atoms with Crippen LogP contribution in [0.15, 0.2) is 33.5 Å². The standard InChI is InChI=1S/C19H24N2O4/c1-12(2)24-15-5-4-14-8-16(19(23)25-17(14)9-15)18(22)20-10-13-6-7-21(3)11-13/h4-5,8-9,12-13H,6-7,10-11H2,1-3H3,(H,20,22). The van der Waals surface area contributed by atoms with Crippen molar-refractivity contribution in [3.8, 4) is 5.75 Å². The minimum Gasteiger partial charge on any atom is -0.491 e. The van der Waals surface area contributed by atoms with Crippen molar-refractivity contribution in [2.24, 2.45) is 5.92 Å². The molecule has 1 atom stereocenters. The van der Waals surface area contributed by atoms with E-state index in [2.05, 4.69) is 17.3 Å². The lowest BCUT2D eigenvalue weighted by atomic mass is 10.1. The number of carbonyl (C=O) groups excluding carboxylic acids is 1. The summed E-state index contributed by atoms with van der Waals surface area (Å²) < 4.78 is 10.9. The predicted molar refractivity (Wildman–Crippen MR) is 96.2 cm³/mol. The molecule has 1 amide bonds. The van der Waals surface area contributed by atoms with Crippen LogP contribution in [-0.4, -0.2) is 43.6 Å². The number of nitrogens with one attached hydrogen (secondary N) is 1. The van der Waals surface area contributed by atoms with Gasteiger partial charge in [0.1, 0.15) is 16.9 Å². The summed E-state index contributed by atoms with van der Waals surface area (Å²) >= 11 is 0. The van der Waals surface area contributed by atoms with Gasteiger partial charge >= 0.3 is 5.63 Å². The van der Waals surface area contributed by atoms with E-state index >= 15 is 0 Å². The Morgan fingerprint density at radius 2 is 2.20 bits per heavy atom. The van der Waals surface area contributed by atoms with Crippen LogP contribution in [0.25, 0.3) is 11.0 Å². The van der Waals surface area contributed by atoms with E-state index in [1.54, 1.807) is 24.3 Å². The molecule has 6 nitrogen and oxygen atoms in total. The van der Waals surface area contributed by atoms with Crippen molar-refractivity contribution in [1.82, 2.24) is 10.2 Å². The summed E-state index contributed by atoms with van der Waals surface area (Å²) in [6.45, 7) is 6.43. The van der Waals surface area contributed by atoms with E-state index in [0.29, 0.717) is 29.2 Å². The highest BCUT2D eigenvalue weighted by molar-refractivity contribution is 5.96. The van der Waals surface area contributed by atoms with Gasteiger partial charge in [0, 0.05) is 24.5 Å². The zero-order chi connectivity index (χ0) is 18.0. The zero-order valence-electron chi connectivity index (χ0n) is 14.9. The van der Waals surface area contributed by atoms with E-state index < -0.39 is 5.63 Å². The first-order chi connectivity index (χ1) is 11.9. The van der Waals surface area contributed by atoms with Crippen LogP contribution in [0, 0.1) is 5.92 Å². The Balaban J connectivity index is 1.76. The fraction of sp³-hybridized carbons (Fsp3) is 0.474. The third kappa shape index (κ3) is 4.20. The summed E-state index contributed by atoms with van der Waals surface area (Å²) in [5, 5.41) is 3.55. The SMILES string of the molecule is CC(C)Oc1ccc2cc(C(=O)NCC3CCN(C)C3)c(=O)oc2c1. The lowest BCUT2D eigenvalue weighted by molar-refractivity contribution is 0.0944. The fourth-order valence-electron chi connectivity index (χ4n) is 3.12. The number of benzene rings is 1. The maximum Gasteiger partial charge on any atom is 0.349 e. The molecule has 1 fully saturated rings. The van der Waals surface area contributed by atoms with Crippen LogP contribution < -0.4 is 15.7 Å². The number of nitrogens with zero attached hydrogens (tertiary/aromatic N) is 1. The lowest BCUT2D eigenvalue weighted by Gasteiger charge is -2.12. The quantitative estimate of drug-likeness (QED) is 0.843. The minimum absolute atomic E-state index is 0.0313. The summed E-state index contributed by atoms with van der Waals surface area (Å²) in [6.07, 6.45) is 1.09. The summed E-state index contributed by atoms with van der Waals surface area (Å²) in [6, 6.07) is 6.85. The smallest absolute Gasteiger partial charge is 0.349 e. The van der Waals surface area contributed by atoms with Crippen molar-refractivity contribution in [3.05, 3.63) is 40.2 Å². The van der Waals surface area contributed by atoms with Gasteiger partial charge in [-0.15, -0.1) is 0 Å². The van der Waals surface area contributed by atoms with Gasteiger partial charge in [-0.05, 0) is 58.0 Å². The number of likely N-dealkylation sites (tertiary alicyclic amines) is 1. The highest BCUT2D eigenvalue weighted by atomic mass is 16.5. The molecule has 134 valence electrons. The maximum atomic E-state index is 12.4. The molecule has 3 rings (SSSR count). The van der Waals surface area contributed by atoms with Crippen LogP contribution in [0.3, 0.4) is 0 Å². The first-order valence-electron chi connectivity index (χ1n) is 8.63. The molecule has 0 bridgehead atoms. The van der Waals surface area contributed by atoms with Crippen molar-refractivity contribution < 1.29 is 13.9 Å². The first-order valence-corrected chi connectivity index (χ1v) is 8.63. The second-order valence-electron chi connectivity index (χ2n) is 6.94. The zero-order valence-corrected chi connectivity index (χ0v) is 14.9. The van der Waals surface area contributed by atoms with Crippen molar-refractivity contribution in [2.45, 2.75) is 26.4 Å². The number of carbonyl (C=O) groups is 1. The molecular formula is C19H24N2O4. The number of rotatable bonds is 5. The number of hydrogen-bond acceptors (Lipinski definition) is 5. The Labute approximate surface area is 146 Å². The summed E-state index contributed by atoms with van der Waals surface area (Å²) in [4.78, 5) is 26.8. The Kier molecular flexibility index (Phi) is 5.08. The number of fused-ring (bicyclic) bond motifs is 1. The van der Waals surface area contributed by atoms with Crippen LogP contribution >= 0.6 is 0 Å². The molecule has 1 aromatic heterocycles. The second kappa shape index (κ2) is 7.27. The number of ether oxygens (including phenoxy) is 1. The monoisotopic (exact) mass is 344 g/mol. The Hall–Kier alpha value is -2.34. The van der Waals surface area contributed by atoms with E-state index in [0.717, 1.165) is 19.5 Å². The molecule has 1 unspecified atom stereocenters. The average Bonchev–Trinajstić information content (AvgIpc) is 2.97. The minimum atomic E-state index is -0.629. The van der Waals surface area contributed by atoms with E-state index in [4.69, 9.17) is 9.15 Å². The summed E-state index contributed by atoms with van der Waals surface area (Å²) in [5.74, 6) is 0.679. The molecular weight excluding hydrogens is 320 g/mol. The number of hydrogen-bond donors (Lipinski definition) is 1.